The predicted molar refractivity (Wildman–Crippen MR) is 71.5 cm³/mol. The van der Waals surface area contributed by atoms with Crippen molar-refractivity contribution < 1.29 is 13.3 Å². The van der Waals surface area contributed by atoms with Crippen molar-refractivity contribution in [3.63, 3.8) is 0 Å². The number of halogens is 1. The highest BCUT2D eigenvalue weighted by Crippen LogP contribution is 2.26. The first-order valence-corrected chi connectivity index (χ1v) is 7.03. The molecule has 0 heterocycles. The molecule has 7 nitrogen and oxygen atoms in total. The number of benzene rings is 1. The van der Waals surface area contributed by atoms with Gasteiger partial charge in [-0.1, -0.05) is 23.8 Å². The number of rotatable bonds is 6. The Morgan fingerprint density at radius 1 is 1.42 bits per heavy atom. The fourth-order valence-electron chi connectivity index (χ4n) is 1.28. The van der Waals surface area contributed by atoms with Crippen molar-refractivity contribution in [1.82, 2.24) is 4.72 Å². The van der Waals surface area contributed by atoms with Crippen molar-refractivity contribution in [1.29, 1.82) is 0 Å². The number of nitro groups is 1. The number of sulfonamides is 1. The topological polar surface area (TPSA) is 115 Å². The van der Waals surface area contributed by atoms with Gasteiger partial charge in [0.05, 0.1) is 4.92 Å². The Hall–Kier alpha value is -1.48. The second kappa shape index (κ2) is 6.62. The number of nitrogens with one attached hydrogen (secondary N) is 1. The highest BCUT2D eigenvalue weighted by Gasteiger charge is 2.25. The van der Waals surface area contributed by atoms with Crippen molar-refractivity contribution >= 4 is 27.3 Å². The Morgan fingerprint density at radius 3 is 2.68 bits per heavy atom. The van der Waals surface area contributed by atoms with Crippen LogP contribution in [0.15, 0.2) is 35.2 Å². The molecule has 1 aromatic carbocycles. The maximum atomic E-state index is 11.9. The van der Waals surface area contributed by atoms with Gasteiger partial charge in [0.2, 0.25) is 10.0 Å². The minimum Gasteiger partial charge on any atom is -0.327 e. The number of hydrogen-bond donors (Lipinski definition) is 2. The normalized spacial score (nSPS) is 11.9. The van der Waals surface area contributed by atoms with Crippen LogP contribution in [0.25, 0.3) is 0 Å². The summed E-state index contributed by atoms with van der Waals surface area (Å²) in [5.74, 6) is 0. The molecular weight excluding hydrogens is 294 g/mol. The Bertz CT molecular complexity index is 601. The van der Waals surface area contributed by atoms with Gasteiger partial charge < -0.3 is 5.73 Å². The summed E-state index contributed by atoms with van der Waals surface area (Å²) in [6, 6.07) is 3.36. The monoisotopic (exact) mass is 305 g/mol. The molecule has 0 saturated heterocycles. The number of hydrogen-bond acceptors (Lipinski definition) is 5. The third-order valence-electron chi connectivity index (χ3n) is 2.10. The minimum absolute atomic E-state index is 0.000681. The van der Waals surface area contributed by atoms with Crippen molar-refractivity contribution in [2.45, 2.75) is 4.90 Å². The average Bonchev–Trinajstić information content (AvgIpc) is 2.34. The maximum Gasteiger partial charge on any atom is 0.290 e. The summed E-state index contributed by atoms with van der Waals surface area (Å²) in [6.45, 7) is 0.280. The SMILES string of the molecule is NC/C=C/CNS(=O)(=O)c1ccc(Cl)cc1[N+](=O)[O-]. The molecule has 0 bridgehead atoms. The standard InChI is InChI=1S/C10H12ClN3O4S/c11-8-3-4-10(9(7-8)14(15)16)19(17,18)13-6-2-1-5-12/h1-4,7,13H,5-6,12H2/b2-1+. The lowest BCUT2D eigenvalue weighted by Gasteiger charge is -2.05. The first kappa shape index (κ1) is 15.6. The molecule has 1 rings (SSSR count). The average molecular weight is 306 g/mol. The summed E-state index contributed by atoms with van der Waals surface area (Å²) < 4.78 is 26.0. The van der Waals surface area contributed by atoms with Gasteiger partial charge in [-0.15, -0.1) is 0 Å². The lowest BCUT2D eigenvalue weighted by molar-refractivity contribution is -0.387. The van der Waals surface area contributed by atoms with E-state index in [-0.39, 0.29) is 18.1 Å². The first-order chi connectivity index (χ1) is 8.88. The molecule has 0 saturated carbocycles. The number of nitrogens with zero attached hydrogens (tertiary/aromatic N) is 1. The van der Waals surface area contributed by atoms with E-state index in [4.69, 9.17) is 17.3 Å². The van der Waals surface area contributed by atoms with E-state index in [0.717, 1.165) is 12.1 Å². The van der Waals surface area contributed by atoms with Gasteiger partial charge in [-0.3, -0.25) is 10.1 Å². The molecule has 0 spiro atoms. The summed E-state index contributed by atoms with van der Waals surface area (Å²) >= 11 is 5.61. The molecule has 0 aliphatic heterocycles. The summed E-state index contributed by atoms with van der Waals surface area (Å²) in [6.07, 6.45) is 3.08. The lowest BCUT2D eigenvalue weighted by atomic mass is 10.3. The van der Waals surface area contributed by atoms with E-state index in [0.29, 0.717) is 0 Å². The summed E-state index contributed by atoms with van der Waals surface area (Å²) in [7, 11) is -3.98. The Labute approximate surface area is 115 Å². The van der Waals surface area contributed by atoms with Crippen LogP contribution in [-0.4, -0.2) is 26.4 Å². The Morgan fingerprint density at radius 2 is 2.11 bits per heavy atom. The lowest BCUT2D eigenvalue weighted by Crippen LogP contribution is -2.24. The second-order valence-electron chi connectivity index (χ2n) is 3.43. The van der Waals surface area contributed by atoms with E-state index in [1.54, 1.807) is 6.08 Å². The second-order valence-corrected chi connectivity index (χ2v) is 5.60. The summed E-state index contributed by atoms with van der Waals surface area (Å²) in [4.78, 5) is 9.60. The van der Waals surface area contributed by atoms with Crippen molar-refractivity contribution in [3.05, 3.63) is 45.5 Å². The molecule has 9 heteroatoms. The van der Waals surface area contributed by atoms with Gasteiger partial charge in [-0.25, -0.2) is 13.1 Å². The van der Waals surface area contributed by atoms with E-state index in [1.807, 2.05) is 0 Å². The molecule has 0 fully saturated rings. The van der Waals surface area contributed by atoms with Crippen LogP contribution in [0, 0.1) is 10.1 Å². The van der Waals surface area contributed by atoms with Gasteiger partial charge in [0.15, 0.2) is 4.90 Å². The smallest absolute Gasteiger partial charge is 0.290 e. The molecule has 0 unspecified atom stereocenters. The molecule has 0 amide bonds. The van der Waals surface area contributed by atoms with Crippen molar-refractivity contribution in [2.75, 3.05) is 13.1 Å². The van der Waals surface area contributed by atoms with Crippen molar-refractivity contribution in [3.8, 4) is 0 Å². The molecular formula is C10H12ClN3O4S. The number of nitrogens with two attached hydrogens (primary N) is 1. The molecule has 0 atom stereocenters. The number of nitro benzene ring substituents is 1. The minimum atomic E-state index is -3.98. The van der Waals surface area contributed by atoms with E-state index < -0.39 is 25.5 Å². The summed E-state index contributed by atoms with van der Waals surface area (Å²) in [5, 5.41) is 10.9. The Kier molecular flexibility index (Phi) is 5.43. The van der Waals surface area contributed by atoms with Gasteiger partial charge in [-0.2, -0.15) is 0 Å². The third-order valence-corrected chi connectivity index (χ3v) is 3.81. The first-order valence-electron chi connectivity index (χ1n) is 5.17. The molecule has 3 N–H and O–H groups in total. The van der Waals surface area contributed by atoms with Gasteiger partial charge in [0, 0.05) is 24.2 Å². The van der Waals surface area contributed by atoms with Crippen LogP contribution in [0.3, 0.4) is 0 Å². The van der Waals surface area contributed by atoms with Crippen LogP contribution in [0.5, 0.6) is 0 Å². The Balaban J connectivity index is 3.07. The van der Waals surface area contributed by atoms with Crippen LogP contribution in [0.4, 0.5) is 5.69 Å². The summed E-state index contributed by atoms with van der Waals surface area (Å²) in [5.41, 5.74) is 4.64. The zero-order valence-electron chi connectivity index (χ0n) is 9.74. The van der Waals surface area contributed by atoms with E-state index in [2.05, 4.69) is 4.72 Å². The molecule has 0 aliphatic rings. The largest absolute Gasteiger partial charge is 0.327 e. The predicted octanol–water partition coefficient (Wildman–Crippen LogP) is 1.04. The fraction of sp³-hybridized carbons (Fsp3) is 0.200. The van der Waals surface area contributed by atoms with Crippen LogP contribution in [0.2, 0.25) is 5.02 Å². The van der Waals surface area contributed by atoms with Gasteiger partial charge in [0.1, 0.15) is 0 Å². The van der Waals surface area contributed by atoms with Gasteiger partial charge >= 0.3 is 0 Å². The quantitative estimate of drug-likeness (QED) is 0.463. The third kappa shape index (κ3) is 4.28. The fourth-order valence-corrected chi connectivity index (χ4v) is 2.57. The maximum absolute atomic E-state index is 11.9. The van der Waals surface area contributed by atoms with Crippen LogP contribution in [-0.2, 0) is 10.0 Å². The van der Waals surface area contributed by atoms with Crippen LogP contribution >= 0.6 is 11.6 Å². The van der Waals surface area contributed by atoms with E-state index in [9.17, 15) is 18.5 Å². The molecule has 0 aliphatic carbocycles. The highest BCUT2D eigenvalue weighted by atomic mass is 35.5. The zero-order valence-corrected chi connectivity index (χ0v) is 11.3. The molecule has 1 aromatic rings. The van der Waals surface area contributed by atoms with Gasteiger partial charge in [0.25, 0.3) is 5.69 Å². The van der Waals surface area contributed by atoms with Gasteiger partial charge in [-0.05, 0) is 12.1 Å². The van der Waals surface area contributed by atoms with Crippen molar-refractivity contribution in [2.24, 2.45) is 5.73 Å². The molecule has 0 radical (unpaired) electrons. The molecule has 104 valence electrons. The zero-order chi connectivity index (χ0) is 14.5. The van der Waals surface area contributed by atoms with Crippen LogP contribution in [0.1, 0.15) is 0 Å². The molecule has 0 aromatic heterocycles. The van der Waals surface area contributed by atoms with Crippen LogP contribution < -0.4 is 10.5 Å². The highest BCUT2D eigenvalue weighted by molar-refractivity contribution is 7.89. The van der Waals surface area contributed by atoms with E-state index >= 15 is 0 Å². The van der Waals surface area contributed by atoms with E-state index in [1.165, 1.54) is 12.1 Å². The molecule has 19 heavy (non-hydrogen) atoms.